The Morgan fingerprint density at radius 1 is 1.37 bits per heavy atom. The van der Waals surface area contributed by atoms with Crippen LogP contribution in [0.25, 0.3) is 0 Å². The van der Waals surface area contributed by atoms with Gasteiger partial charge in [0.15, 0.2) is 0 Å². The molecule has 1 aromatic heterocycles. The van der Waals surface area contributed by atoms with E-state index in [2.05, 4.69) is 10.3 Å². The van der Waals surface area contributed by atoms with Gasteiger partial charge in [0, 0.05) is 6.54 Å². The molecule has 0 bridgehead atoms. The van der Waals surface area contributed by atoms with Crippen LogP contribution in [0.3, 0.4) is 0 Å². The first-order chi connectivity index (χ1) is 9.11. The summed E-state index contributed by atoms with van der Waals surface area (Å²) in [7, 11) is 0. The molecule has 4 nitrogen and oxygen atoms in total. The van der Waals surface area contributed by atoms with E-state index >= 15 is 0 Å². The van der Waals surface area contributed by atoms with Crippen LogP contribution in [0, 0.1) is 5.82 Å². The molecular formula is C14H18FN3O. The number of benzene rings is 1. The van der Waals surface area contributed by atoms with Gasteiger partial charge >= 0.3 is 0 Å². The van der Waals surface area contributed by atoms with E-state index in [1.165, 1.54) is 12.1 Å². The van der Waals surface area contributed by atoms with E-state index < -0.39 is 5.60 Å². The van der Waals surface area contributed by atoms with Crippen molar-refractivity contribution in [3.05, 3.63) is 47.5 Å². The minimum atomic E-state index is -1.26. The van der Waals surface area contributed by atoms with Gasteiger partial charge in [-0.2, -0.15) is 0 Å². The first-order valence-electron chi connectivity index (χ1n) is 6.49. The molecule has 0 fully saturated rings. The fourth-order valence-electron chi connectivity index (χ4n) is 2.23. The summed E-state index contributed by atoms with van der Waals surface area (Å²) in [6.45, 7) is 4.56. The third kappa shape index (κ3) is 2.51. The lowest BCUT2D eigenvalue weighted by molar-refractivity contribution is 0.0660. The smallest absolute Gasteiger partial charge is 0.133 e. The third-order valence-electron chi connectivity index (χ3n) is 3.29. The zero-order valence-corrected chi connectivity index (χ0v) is 11.2. The third-order valence-corrected chi connectivity index (χ3v) is 3.29. The molecule has 0 saturated heterocycles. The molecule has 2 rings (SSSR count). The predicted octanol–water partition coefficient (Wildman–Crippen LogP) is 2.47. The fraction of sp³-hybridized carbons (Fsp3) is 0.429. The zero-order chi connectivity index (χ0) is 13.9. The van der Waals surface area contributed by atoms with Crippen molar-refractivity contribution in [3.8, 4) is 0 Å². The van der Waals surface area contributed by atoms with E-state index in [0.29, 0.717) is 24.2 Å². The summed E-state index contributed by atoms with van der Waals surface area (Å²) in [6.07, 6.45) is 2.86. The number of hydrogen-bond donors (Lipinski definition) is 1. The van der Waals surface area contributed by atoms with Gasteiger partial charge < -0.3 is 5.11 Å². The minimum Gasteiger partial charge on any atom is -0.379 e. The second kappa shape index (κ2) is 5.48. The van der Waals surface area contributed by atoms with Crippen molar-refractivity contribution in [2.75, 3.05) is 0 Å². The molecular weight excluding hydrogens is 245 g/mol. The van der Waals surface area contributed by atoms with Crippen LogP contribution in [0.5, 0.6) is 0 Å². The molecule has 5 heteroatoms. The van der Waals surface area contributed by atoms with Gasteiger partial charge in [0.2, 0.25) is 0 Å². The van der Waals surface area contributed by atoms with E-state index in [1.807, 2.05) is 13.8 Å². The van der Waals surface area contributed by atoms with Gasteiger partial charge in [-0.25, -0.2) is 9.07 Å². The first-order valence-corrected chi connectivity index (χ1v) is 6.49. The fourth-order valence-corrected chi connectivity index (χ4v) is 2.23. The average Bonchev–Trinajstić information content (AvgIpc) is 2.87. The molecule has 1 aromatic carbocycles. The van der Waals surface area contributed by atoms with E-state index in [-0.39, 0.29) is 5.82 Å². The van der Waals surface area contributed by atoms with Crippen molar-refractivity contribution in [1.82, 2.24) is 15.0 Å². The Hall–Kier alpha value is -1.75. The first kappa shape index (κ1) is 13.7. The summed E-state index contributed by atoms with van der Waals surface area (Å²) in [5, 5.41) is 18.8. The van der Waals surface area contributed by atoms with Crippen LogP contribution in [0.15, 0.2) is 30.5 Å². The van der Waals surface area contributed by atoms with Gasteiger partial charge in [-0.05, 0) is 30.5 Å². The molecule has 19 heavy (non-hydrogen) atoms. The highest BCUT2D eigenvalue weighted by Gasteiger charge is 2.33. The van der Waals surface area contributed by atoms with Gasteiger partial charge in [-0.3, -0.25) is 0 Å². The Morgan fingerprint density at radius 2 is 2.16 bits per heavy atom. The summed E-state index contributed by atoms with van der Waals surface area (Å²) in [5.74, 6) is -0.362. The molecule has 102 valence electrons. The number of aliphatic hydroxyl groups is 1. The molecule has 0 saturated carbocycles. The lowest BCUT2D eigenvalue weighted by Crippen LogP contribution is -2.30. The van der Waals surface area contributed by atoms with Gasteiger partial charge in [0.05, 0.1) is 11.9 Å². The number of hydrogen-bond acceptors (Lipinski definition) is 3. The van der Waals surface area contributed by atoms with Crippen molar-refractivity contribution in [2.24, 2.45) is 0 Å². The topological polar surface area (TPSA) is 50.9 Å². The summed E-state index contributed by atoms with van der Waals surface area (Å²) in [6, 6.07) is 6.03. The van der Waals surface area contributed by atoms with Crippen molar-refractivity contribution < 1.29 is 9.50 Å². The maximum Gasteiger partial charge on any atom is 0.133 e. The van der Waals surface area contributed by atoms with E-state index in [0.717, 1.165) is 6.42 Å². The Kier molecular flexibility index (Phi) is 3.95. The molecule has 1 unspecified atom stereocenters. The highest BCUT2D eigenvalue weighted by Crippen LogP contribution is 2.32. The molecule has 0 aliphatic heterocycles. The minimum absolute atomic E-state index is 0.362. The number of aryl methyl sites for hydroxylation is 1. The summed E-state index contributed by atoms with van der Waals surface area (Å²) in [4.78, 5) is 0. The van der Waals surface area contributed by atoms with Crippen LogP contribution in [0.2, 0.25) is 0 Å². The van der Waals surface area contributed by atoms with Crippen LogP contribution >= 0.6 is 0 Å². The maximum atomic E-state index is 13.4. The Labute approximate surface area is 111 Å². The molecule has 0 radical (unpaired) electrons. The number of aromatic nitrogens is 3. The standard InChI is InChI=1S/C14H18FN3O/c1-3-8-18-13(10-16-17-18)14(19,4-2)11-6-5-7-12(15)9-11/h5-7,9-10,19H,3-4,8H2,1-2H3. The van der Waals surface area contributed by atoms with Crippen LogP contribution in [0.4, 0.5) is 4.39 Å². The van der Waals surface area contributed by atoms with Crippen LogP contribution in [-0.4, -0.2) is 20.1 Å². The monoisotopic (exact) mass is 263 g/mol. The van der Waals surface area contributed by atoms with E-state index in [9.17, 15) is 9.50 Å². The maximum absolute atomic E-state index is 13.4. The van der Waals surface area contributed by atoms with Crippen molar-refractivity contribution >= 4 is 0 Å². The Balaban J connectivity index is 2.50. The zero-order valence-electron chi connectivity index (χ0n) is 11.2. The molecule has 1 N–H and O–H groups in total. The normalized spacial score (nSPS) is 14.3. The molecule has 0 aliphatic carbocycles. The van der Waals surface area contributed by atoms with Gasteiger partial charge in [0.25, 0.3) is 0 Å². The second-order valence-corrected chi connectivity index (χ2v) is 4.57. The predicted molar refractivity (Wildman–Crippen MR) is 70.0 cm³/mol. The SMILES string of the molecule is CCCn1nncc1C(O)(CC)c1cccc(F)c1. The van der Waals surface area contributed by atoms with E-state index in [4.69, 9.17) is 0 Å². The van der Waals surface area contributed by atoms with Gasteiger partial charge in [-0.15, -0.1) is 5.10 Å². The van der Waals surface area contributed by atoms with Crippen molar-refractivity contribution in [1.29, 1.82) is 0 Å². The van der Waals surface area contributed by atoms with Gasteiger partial charge in [-0.1, -0.05) is 31.2 Å². The number of halogens is 1. The molecule has 1 atom stereocenters. The van der Waals surface area contributed by atoms with Crippen molar-refractivity contribution in [2.45, 2.75) is 38.8 Å². The summed E-state index contributed by atoms with van der Waals surface area (Å²) < 4.78 is 15.0. The molecule has 2 aromatic rings. The Morgan fingerprint density at radius 3 is 2.79 bits per heavy atom. The quantitative estimate of drug-likeness (QED) is 0.901. The molecule has 1 heterocycles. The summed E-state index contributed by atoms with van der Waals surface area (Å²) in [5.41, 5.74) is -0.141. The van der Waals surface area contributed by atoms with Crippen molar-refractivity contribution in [3.63, 3.8) is 0 Å². The largest absolute Gasteiger partial charge is 0.379 e. The van der Waals surface area contributed by atoms with E-state index in [1.54, 1.807) is 23.0 Å². The lowest BCUT2D eigenvalue weighted by Gasteiger charge is -2.27. The highest BCUT2D eigenvalue weighted by atomic mass is 19.1. The Bertz CT molecular complexity index is 555. The number of rotatable bonds is 5. The number of nitrogens with zero attached hydrogens (tertiary/aromatic N) is 3. The van der Waals surface area contributed by atoms with Crippen LogP contribution < -0.4 is 0 Å². The molecule has 0 spiro atoms. The van der Waals surface area contributed by atoms with Gasteiger partial charge in [0.1, 0.15) is 11.4 Å². The second-order valence-electron chi connectivity index (χ2n) is 4.57. The molecule has 0 amide bonds. The summed E-state index contributed by atoms with van der Waals surface area (Å²) >= 11 is 0. The van der Waals surface area contributed by atoms with Crippen LogP contribution in [-0.2, 0) is 12.1 Å². The average molecular weight is 263 g/mol. The highest BCUT2D eigenvalue weighted by molar-refractivity contribution is 5.31. The molecule has 0 aliphatic rings. The van der Waals surface area contributed by atoms with Crippen LogP contribution in [0.1, 0.15) is 37.9 Å². The lowest BCUT2D eigenvalue weighted by atomic mass is 9.88.